The van der Waals surface area contributed by atoms with Crippen LogP contribution < -0.4 is 9.46 Å². The summed E-state index contributed by atoms with van der Waals surface area (Å²) < 4.78 is 32.8. The second kappa shape index (κ2) is 5.80. The van der Waals surface area contributed by atoms with E-state index in [1.807, 2.05) is 6.92 Å². The molecule has 0 amide bonds. The molecule has 0 spiro atoms. The summed E-state index contributed by atoms with van der Waals surface area (Å²) in [6.45, 7) is 1.81. The lowest BCUT2D eigenvalue weighted by Gasteiger charge is -2.11. The quantitative estimate of drug-likeness (QED) is 0.914. The SMILES string of the molecule is COc1ccc(S(=O)(=O)Nc2cnccc2C)cc1Br. The number of hydrogen-bond donors (Lipinski definition) is 1. The lowest BCUT2D eigenvalue weighted by Crippen LogP contribution is -2.14. The van der Waals surface area contributed by atoms with E-state index in [4.69, 9.17) is 4.74 Å². The average molecular weight is 357 g/mol. The molecule has 0 saturated carbocycles. The number of benzene rings is 1. The third-order valence-electron chi connectivity index (χ3n) is 2.72. The van der Waals surface area contributed by atoms with E-state index in [0.717, 1.165) is 5.56 Å². The fourth-order valence-corrected chi connectivity index (χ4v) is 3.42. The van der Waals surface area contributed by atoms with Crippen molar-refractivity contribution in [1.29, 1.82) is 0 Å². The highest BCUT2D eigenvalue weighted by molar-refractivity contribution is 9.10. The number of hydrogen-bond acceptors (Lipinski definition) is 4. The van der Waals surface area contributed by atoms with Crippen LogP contribution in [0.1, 0.15) is 5.56 Å². The van der Waals surface area contributed by atoms with Crippen LogP contribution in [0.3, 0.4) is 0 Å². The van der Waals surface area contributed by atoms with Crippen LogP contribution in [0.4, 0.5) is 5.69 Å². The Balaban J connectivity index is 2.36. The number of halogens is 1. The molecule has 1 aromatic carbocycles. The zero-order valence-electron chi connectivity index (χ0n) is 10.9. The number of anilines is 1. The number of rotatable bonds is 4. The second-order valence-electron chi connectivity index (χ2n) is 4.09. The lowest BCUT2D eigenvalue weighted by atomic mass is 10.3. The van der Waals surface area contributed by atoms with Crippen molar-refractivity contribution in [2.45, 2.75) is 11.8 Å². The predicted octanol–water partition coefficient (Wildman–Crippen LogP) is 2.96. The molecule has 0 aliphatic rings. The summed E-state index contributed by atoms with van der Waals surface area (Å²) in [5.41, 5.74) is 1.26. The maximum absolute atomic E-state index is 12.3. The van der Waals surface area contributed by atoms with E-state index in [9.17, 15) is 8.42 Å². The summed E-state index contributed by atoms with van der Waals surface area (Å²) in [7, 11) is -2.14. The fourth-order valence-electron chi connectivity index (χ4n) is 1.59. The first kappa shape index (κ1) is 14.8. The van der Waals surface area contributed by atoms with Gasteiger partial charge in [0, 0.05) is 6.20 Å². The summed E-state index contributed by atoms with van der Waals surface area (Å²) >= 11 is 3.27. The van der Waals surface area contributed by atoms with Gasteiger partial charge in [0.25, 0.3) is 10.0 Å². The summed E-state index contributed by atoms with van der Waals surface area (Å²) in [5.74, 6) is 0.571. The first-order valence-electron chi connectivity index (χ1n) is 5.71. The van der Waals surface area contributed by atoms with Crippen molar-refractivity contribution in [2.24, 2.45) is 0 Å². The highest BCUT2D eigenvalue weighted by atomic mass is 79.9. The van der Waals surface area contributed by atoms with Crippen molar-refractivity contribution in [3.63, 3.8) is 0 Å². The third-order valence-corrected chi connectivity index (χ3v) is 4.70. The van der Waals surface area contributed by atoms with E-state index in [0.29, 0.717) is 15.9 Å². The van der Waals surface area contributed by atoms with Gasteiger partial charge in [-0.1, -0.05) is 0 Å². The van der Waals surface area contributed by atoms with Crippen molar-refractivity contribution in [1.82, 2.24) is 4.98 Å². The van der Waals surface area contributed by atoms with Crippen LogP contribution in [-0.4, -0.2) is 20.5 Å². The van der Waals surface area contributed by atoms with E-state index < -0.39 is 10.0 Å². The van der Waals surface area contributed by atoms with Crippen LogP contribution in [0, 0.1) is 6.92 Å². The number of aryl methyl sites for hydroxylation is 1. The molecule has 7 heteroatoms. The van der Waals surface area contributed by atoms with Gasteiger partial charge in [0.15, 0.2) is 0 Å². The molecule has 5 nitrogen and oxygen atoms in total. The first-order valence-corrected chi connectivity index (χ1v) is 7.98. The molecular weight excluding hydrogens is 344 g/mol. The molecule has 106 valence electrons. The molecule has 0 radical (unpaired) electrons. The molecule has 2 rings (SSSR count). The van der Waals surface area contributed by atoms with Crippen LogP contribution in [0.25, 0.3) is 0 Å². The van der Waals surface area contributed by atoms with Gasteiger partial charge in [-0.25, -0.2) is 8.42 Å². The topological polar surface area (TPSA) is 68.3 Å². The Bertz CT molecular complexity index is 732. The molecule has 0 aliphatic heterocycles. The summed E-state index contributed by atoms with van der Waals surface area (Å²) in [6, 6.07) is 6.31. The molecule has 0 aliphatic carbocycles. The van der Waals surface area contributed by atoms with Crippen LogP contribution >= 0.6 is 15.9 Å². The monoisotopic (exact) mass is 356 g/mol. The Labute approximate surface area is 126 Å². The van der Waals surface area contributed by atoms with Gasteiger partial charge >= 0.3 is 0 Å². The number of pyridine rings is 1. The summed E-state index contributed by atoms with van der Waals surface area (Å²) in [6.07, 6.45) is 3.09. The van der Waals surface area contributed by atoms with E-state index >= 15 is 0 Å². The van der Waals surface area contributed by atoms with E-state index in [2.05, 4.69) is 25.6 Å². The highest BCUT2D eigenvalue weighted by Crippen LogP contribution is 2.28. The molecule has 0 atom stereocenters. The molecule has 0 bridgehead atoms. The van der Waals surface area contributed by atoms with Crippen molar-refractivity contribution in [3.05, 3.63) is 46.7 Å². The molecule has 0 unspecified atom stereocenters. The number of methoxy groups -OCH3 is 1. The van der Waals surface area contributed by atoms with Crippen LogP contribution in [0.2, 0.25) is 0 Å². The largest absolute Gasteiger partial charge is 0.496 e. The first-order chi connectivity index (χ1) is 9.44. The Morgan fingerprint density at radius 2 is 2.05 bits per heavy atom. The Hall–Kier alpha value is -1.60. The van der Waals surface area contributed by atoms with E-state index in [-0.39, 0.29) is 4.90 Å². The smallest absolute Gasteiger partial charge is 0.261 e. The van der Waals surface area contributed by atoms with Crippen molar-refractivity contribution in [3.8, 4) is 5.75 Å². The zero-order valence-corrected chi connectivity index (χ0v) is 13.3. The number of sulfonamides is 1. The molecular formula is C13H13BrN2O3S. The fraction of sp³-hybridized carbons (Fsp3) is 0.154. The standard InChI is InChI=1S/C13H13BrN2O3S/c1-9-5-6-15-8-12(9)16-20(17,18)10-3-4-13(19-2)11(14)7-10/h3-8,16H,1-2H3. The maximum atomic E-state index is 12.3. The molecule has 1 aromatic heterocycles. The maximum Gasteiger partial charge on any atom is 0.261 e. The Kier molecular flexibility index (Phi) is 4.29. The molecule has 1 N–H and O–H groups in total. The van der Waals surface area contributed by atoms with Gasteiger partial charge in [0.1, 0.15) is 5.75 Å². The summed E-state index contributed by atoms with van der Waals surface area (Å²) in [4.78, 5) is 4.06. The minimum absolute atomic E-state index is 0.147. The highest BCUT2D eigenvalue weighted by Gasteiger charge is 2.17. The number of ether oxygens (including phenoxy) is 1. The van der Waals surface area contributed by atoms with Gasteiger partial charge in [0.2, 0.25) is 0 Å². The van der Waals surface area contributed by atoms with Crippen molar-refractivity contribution in [2.75, 3.05) is 11.8 Å². The van der Waals surface area contributed by atoms with Crippen molar-refractivity contribution >= 4 is 31.6 Å². The van der Waals surface area contributed by atoms with Crippen LogP contribution in [0.15, 0.2) is 46.0 Å². The Morgan fingerprint density at radius 3 is 2.65 bits per heavy atom. The third kappa shape index (κ3) is 3.10. The normalized spacial score (nSPS) is 11.2. The lowest BCUT2D eigenvalue weighted by molar-refractivity contribution is 0.411. The van der Waals surface area contributed by atoms with Gasteiger partial charge < -0.3 is 4.74 Å². The zero-order chi connectivity index (χ0) is 14.8. The van der Waals surface area contributed by atoms with Gasteiger partial charge in [-0.15, -0.1) is 0 Å². The molecule has 20 heavy (non-hydrogen) atoms. The minimum Gasteiger partial charge on any atom is -0.496 e. The number of nitrogens with zero attached hydrogens (tertiary/aromatic N) is 1. The molecule has 0 saturated heterocycles. The van der Waals surface area contributed by atoms with E-state index in [1.54, 1.807) is 18.3 Å². The average Bonchev–Trinajstić information content (AvgIpc) is 2.41. The molecule has 0 fully saturated rings. The predicted molar refractivity (Wildman–Crippen MR) is 80.5 cm³/mol. The van der Waals surface area contributed by atoms with Gasteiger partial charge in [-0.2, -0.15) is 0 Å². The van der Waals surface area contributed by atoms with Gasteiger partial charge in [-0.05, 0) is 52.7 Å². The number of aromatic nitrogens is 1. The van der Waals surface area contributed by atoms with Crippen LogP contribution in [-0.2, 0) is 10.0 Å². The van der Waals surface area contributed by atoms with Gasteiger partial charge in [0.05, 0.1) is 28.4 Å². The summed E-state index contributed by atoms with van der Waals surface area (Å²) in [5, 5.41) is 0. The van der Waals surface area contributed by atoms with Crippen LogP contribution in [0.5, 0.6) is 5.75 Å². The Morgan fingerprint density at radius 1 is 1.30 bits per heavy atom. The number of nitrogens with one attached hydrogen (secondary N) is 1. The molecule has 1 heterocycles. The van der Waals surface area contributed by atoms with Crippen molar-refractivity contribution < 1.29 is 13.2 Å². The molecule has 2 aromatic rings. The van der Waals surface area contributed by atoms with Gasteiger partial charge in [-0.3, -0.25) is 9.71 Å². The van der Waals surface area contributed by atoms with E-state index in [1.165, 1.54) is 25.4 Å². The minimum atomic E-state index is -3.66. The second-order valence-corrected chi connectivity index (χ2v) is 6.63.